The fourth-order valence-corrected chi connectivity index (χ4v) is 6.36. The number of nitrogens with zero attached hydrogens (tertiary/aromatic N) is 6. The number of Topliss-reactive ketones (excluding diaryl/α,β-unsaturated/α-hetero) is 1. The highest BCUT2D eigenvalue weighted by atomic mass is 16.6. The summed E-state index contributed by atoms with van der Waals surface area (Å²) in [7, 11) is 3.55. The summed E-state index contributed by atoms with van der Waals surface area (Å²) in [5.41, 5.74) is 2.51. The van der Waals surface area contributed by atoms with Gasteiger partial charge in [-0.1, -0.05) is 13.8 Å². The van der Waals surface area contributed by atoms with Gasteiger partial charge < -0.3 is 10.3 Å². The molecule has 0 bridgehead atoms. The topological polar surface area (TPSA) is 156 Å². The molecule has 0 aromatic heterocycles. The Morgan fingerprint density at radius 1 is 1.07 bits per heavy atom. The normalized spacial score (nSPS) is 19.8. The van der Waals surface area contributed by atoms with Crippen LogP contribution in [0.4, 0.5) is 22.7 Å². The van der Waals surface area contributed by atoms with Gasteiger partial charge in [-0.25, -0.2) is 5.87 Å². The summed E-state index contributed by atoms with van der Waals surface area (Å²) in [6.07, 6.45) is 3.25. The number of nitro groups is 2. The molecule has 11 nitrogen and oxygen atoms in total. The number of hydrogen-bond donors (Lipinski definition) is 0. The first-order valence-corrected chi connectivity index (χ1v) is 13.0. The van der Waals surface area contributed by atoms with Crippen LogP contribution in [0, 0.1) is 31.6 Å². The van der Waals surface area contributed by atoms with Crippen molar-refractivity contribution < 1.29 is 19.2 Å². The summed E-state index contributed by atoms with van der Waals surface area (Å²) < 4.78 is 1.78. The number of rotatable bonds is 5. The number of likely N-dealkylation sites (N-methyl/N-ethyl adjacent to an activating group) is 1. The molecule has 0 atom stereocenters. The van der Waals surface area contributed by atoms with E-state index in [1.54, 1.807) is 49.0 Å². The van der Waals surface area contributed by atoms with Crippen molar-refractivity contribution in [1.82, 2.24) is 0 Å². The lowest BCUT2D eigenvalue weighted by atomic mass is 9.73. The van der Waals surface area contributed by atoms with Gasteiger partial charge >= 0.3 is 0 Å². The van der Waals surface area contributed by atoms with Crippen LogP contribution in [-0.2, 0) is 15.6 Å². The van der Waals surface area contributed by atoms with Gasteiger partial charge in [0.25, 0.3) is 11.4 Å². The van der Waals surface area contributed by atoms with Crippen molar-refractivity contribution in [3.63, 3.8) is 0 Å². The van der Waals surface area contributed by atoms with Crippen LogP contribution < -0.4 is 4.90 Å². The van der Waals surface area contributed by atoms with E-state index in [4.69, 9.17) is 0 Å². The Kier molecular flexibility index (Phi) is 6.21. The molecule has 0 radical (unpaired) electrons. The number of nitro benzene ring substituents is 2. The van der Waals surface area contributed by atoms with Gasteiger partial charge in [-0.2, -0.15) is 9.84 Å². The molecule has 2 aromatic carbocycles. The predicted octanol–water partition coefficient (Wildman–Crippen LogP) is 5.32. The van der Waals surface area contributed by atoms with E-state index in [9.17, 15) is 35.7 Å². The molecule has 0 amide bonds. The van der Waals surface area contributed by atoms with Crippen LogP contribution in [0.1, 0.15) is 38.8 Å². The van der Waals surface area contributed by atoms with E-state index in [-0.39, 0.29) is 39.5 Å². The molecule has 0 unspecified atom stereocenters. The molecule has 0 saturated carbocycles. The third-order valence-electron chi connectivity index (χ3n) is 8.50. The predicted molar refractivity (Wildman–Crippen MR) is 157 cm³/mol. The second kappa shape index (κ2) is 9.29. The Labute approximate surface area is 241 Å². The van der Waals surface area contributed by atoms with Gasteiger partial charge in [0.15, 0.2) is 11.5 Å². The molecule has 0 N–H and O–H groups in total. The Morgan fingerprint density at radius 2 is 1.76 bits per heavy atom. The quantitative estimate of drug-likeness (QED) is 0.119. The second-order valence-electron chi connectivity index (χ2n) is 11.4. The fraction of sp³-hybridized carbons (Fsp3) is 0.258. The SMILES string of the molecule is CN1/C(=C/C2=C(C(=C=[N-])C#N)C(=C/C3=[N+](C)c4cccc([N+](=O)[O-])c4C3(C)C)/C2=O)C(C)(C)c2cc([N+](=O)[O-])ccc21. The standard InChI is InChI=1S/C31H26N6O5/c1-30(2)21-12-18(36(39)40)10-11-22(21)34(5)25(30)13-19-27(17(15-32)16-33)20(29(19)38)14-26-31(3,4)28-23(35(26)6)8-7-9-24(28)37(41)42/h7-14H,1-6H3. The fourth-order valence-electron chi connectivity index (χ4n) is 6.36. The minimum atomic E-state index is -0.857. The summed E-state index contributed by atoms with van der Waals surface area (Å²) in [5, 5.41) is 42.9. The first-order chi connectivity index (χ1) is 19.7. The van der Waals surface area contributed by atoms with Gasteiger partial charge in [-0.05, 0) is 37.6 Å². The van der Waals surface area contributed by atoms with Crippen LogP contribution in [0.15, 0.2) is 76.5 Å². The number of anilines is 1. The molecule has 1 aliphatic carbocycles. The molecule has 3 aliphatic rings. The van der Waals surface area contributed by atoms with Crippen LogP contribution in [0.3, 0.4) is 0 Å². The lowest BCUT2D eigenvalue weighted by Crippen LogP contribution is -2.32. The molecule has 5 rings (SSSR count). The molecule has 2 aromatic rings. The maximum Gasteiger partial charge on any atom is 0.280 e. The molecule has 2 heterocycles. The lowest BCUT2D eigenvalue weighted by molar-refractivity contribution is -0.404. The third kappa shape index (κ3) is 3.77. The maximum absolute atomic E-state index is 13.7. The van der Waals surface area contributed by atoms with Gasteiger partial charge in [-0.15, -0.1) is 0 Å². The highest BCUT2D eigenvalue weighted by Gasteiger charge is 2.50. The Hall–Kier alpha value is -5.46. The van der Waals surface area contributed by atoms with E-state index in [0.717, 1.165) is 5.69 Å². The molecule has 0 saturated heterocycles. The summed E-state index contributed by atoms with van der Waals surface area (Å²) in [4.78, 5) is 37.9. The third-order valence-corrected chi connectivity index (χ3v) is 8.50. The smallest absolute Gasteiger partial charge is 0.280 e. The number of nitriles is 1. The average molecular weight is 563 g/mol. The molecule has 0 fully saturated rings. The summed E-state index contributed by atoms with van der Waals surface area (Å²) in [6.45, 7) is 7.44. The zero-order valence-electron chi connectivity index (χ0n) is 23.8. The van der Waals surface area contributed by atoms with E-state index in [0.29, 0.717) is 28.2 Å². The molecule has 0 spiro atoms. The highest BCUT2D eigenvalue weighted by Crippen LogP contribution is 2.50. The second-order valence-corrected chi connectivity index (χ2v) is 11.4. The number of non-ortho nitro benzene ring substituents is 1. The minimum absolute atomic E-state index is 0.0357. The van der Waals surface area contributed by atoms with Crippen molar-refractivity contribution in [2.45, 2.75) is 38.5 Å². The van der Waals surface area contributed by atoms with E-state index in [1.165, 1.54) is 18.2 Å². The van der Waals surface area contributed by atoms with Gasteiger partial charge in [0, 0.05) is 70.9 Å². The van der Waals surface area contributed by atoms with Crippen LogP contribution in [0.2, 0.25) is 0 Å². The Balaban J connectivity index is 1.68. The van der Waals surface area contributed by atoms with E-state index < -0.39 is 20.7 Å². The molecule has 2 aliphatic heterocycles. The molecule has 11 heteroatoms. The number of carbonyl (C=O) groups excluding carboxylic acids is 1. The first kappa shape index (κ1) is 28.1. The number of fused-ring (bicyclic) bond motifs is 2. The highest BCUT2D eigenvalue weighted by molar-refractivity contribution is 6.27. The molecule has 210 valence electrons. The van der Waals surface area contributed by atoms with Crippen LogP contribution in [0.25, 0.3) is 5.41 Å². The van der Waals surface area contributed by atoms with E-state index >= 15 is 0 Å². The zero-order valence-corrected chi connectivity index (χ0v) is 23.8. The largest absolute Gasteiger partial charge is 0.762 e. The zero-order chi connectivity index (χ0) is 30.9. The van der Waals surface area contributed by atoms with Gasteiger partial charge in [0.2, 0.25) is 5.69 Å². The van der Waals surface area contributed by atoms with Gasteiger partial charge in [-0.3, -0.25) is 25.0 Å². The Morgan fingerprint density at radius 3 is 2.36 bits per heavy atom. The van der Waals surface area contributed by atoms with Crippen molar-refractivity contribution in [2.24, 2.45) is 0 Å². The first-order valence-electron chi connectivity index (χ1n) is 13.0. The van der Waals surface area contributed by atoms with Crippen molar-refractivity contribution in [3.05, 3.63) is 113 Å². The number of carbonyl (C=O) groups is 1. The van der Waals surface area contributed by atoms with Crippen molar-refractivity contribution in [3.8, 4) is 6.07 Å². The van der Waals surface area contributed by atoms with Crippen molar-refractivity contribution in [2.75, 3.05) is 19.0 Å². The van der Waals surface area contributed by atoms with Crippen LogP contribution >= 0.6 is 0 Å². The summed E-state index contributed by atoms with van der Waals surface area (Å²) in [6, 6.07) is 11.3. The number of benzene rings is 2. The van der Waals surface area contributed by atoms with Crippen LogP contribution in [-0.4, -0.2) is 45.9 Å². The number of ketones is 1. The summed E-state index contributed by atoms with van der Waals surface area (Å²) in [5.74, 6) is 1.52. The summed E-state index contributed by atoms with van der Waals surface area (Å²) >= 11 is 0. The van der Waals surface area contributed by atoms with Crippen molar-refractivity contribution in [1.29, 1.82) is 5.26 Å². The molecule has 42 heavy (non-hydrogen) atoms. The van der Waals surface area contributed by atoms with Crippen molar-refractivity contribution >= 4 is 40.1 Å². The molecular weight excluding hydrogens is 536 g/mol. The van der Waals surface area contributed by atoms with Crippen LogP contribution in [0.5, 0.6) is 0 Å². The van der Waals surface area contributed by atoms with E-state index in [2.05, 4.69) is 0 Å². The number of allylic oxidation sites excluding steroid dienone is 7. The monoisotopic (exact) mass is 562 g/mol. The number of hydrogen-bond acceptors (Lipinski definition) is 7. The Bertz CT molecular complexity index is 1890. The van der Waals surface area contributed by atoms with Gasteiger partial charge in [0.1, 0.15) is 18.7 Å². The lowest BCUT2D eigenvalue weighted by Gasteiger charge is -2.29. The average Bonchev–Trinajstić information content (AvgIpc) is 3.26. The maximum atomic E-state index is 13.7. The van der Waals surface area contributed by atoms with Gasteiger partial charge in [0.05, 0.1) is 20.8 Å². The minimum Gasteiger partial charge on any atom is -0.762 e. The van der Waals surface area contributed by atoms with E-state index in [1.807, 2.05) is 44.5 Å². The molecular formula is C31H26N6O5.